The number of aryl methyl sites for hydroxylation is 1. The number of para-hydroxylation sites is 1. The summed E-state index contributed by atoms with van der Waals surface area (Å²) in [5.41, 5.74) is 0.00430. The molecule has 0 heterocycles. The number of methoxy groups -OCH3 is 1. The van der Waals surface area contributed by atoms with Crippen molar-refractivity contribution in [2.45, 2.75) is 85.0 Å². The molecule has 3 amide bonds. The lowest BCUT2D eigenvalue weighted by Gasteiger charge is -2.35. The Labute approximate surface area is 219 Å². The number of phenolic OH excluding ortho intramolecular Hbond substituents is 1. The molecule has 1 fully saturated rings. The Morgan fingerprint density at radius 3 is 2.32 bits per heavy atom. The first-order valence-corrected chi connectivity index (χ1v) is 12.6. The van der Waals surface area contributed by atoms with Crippen molar-refractivity contribution in [1.82, 2.24) is 15.5 Å². The summed E-state index contributed by atoms with van der Waals surface area (Å²) in [6.45, 7) is 12.3. The van der Waals surface area contributed by atoms with Crippen LogP contribution >= 0.6 is 0 Å². The molecule has 1 aliphatic carbocycles. The minimum absolute atomic E-state index is 0.0429. The van der Waals surface area contributed by atoms with E-state index in [0.29, 0.717) is 18.4 Å². The summed E-state index contributed by atoms with van der Waals surface area (Å²) in [6, 6.07) is 2.47. The molecule has 10 heteroatoms. The van der Waals surface area contributed by atoms with E-state index >= 15 is 0 Å². The Hall–Kier alpha value is -3.30. The maximum Gasteiger partial charge on any atom is 0.408 e. The SMILES string of the molecule is COC(=O)CNC(=O)C(c1cccc(C)c1O)N(C(=O)C(CC(C)C)NC(=O)OC(C)(C)C)C1CC1C. The number of esters is 1. The molecule has 10 nitrogen and oxygen atoms in total. The zero-order valence-electron chi connectivity index (χ0n) is 23.1. The van der Waals surface area contributed by atoms with Crippen molar-refractivity contribution in [3.8, 4) is 5.75 Å². The van der Waals surface area contributed by atoms with Gasteiger partial charge in [0.05, 0.1) is 7.11 Å². The quantitative estimate of drug-likeness (QED) is 0.404. The Balaban J connectivity index is 2.53. The highest BCUT2D eigenvalue weighted by Crippen LogP contribution is 2.43. The average molecular weight is 520 g/mol. The summed E-state index contributed by atoms with van der Waals surface area (Å²) in [7, 11) is 1.21. The molecule has 3 N–H and O–H groups in total. The minimum atomic E-state index is -1.23. The van der Waals surface area contributed by atoms with Crippen molar-refractivity contribution in [1.29, 1.82) is 0 Å². The van der Waals surface area contributed by atoms with Crippen molar-refractivity contribution >= 4 is 23.9 Å². The first-order chi connectivity index (χ1) is 17.2. The van der Waals surface area contributed by atoms with Gasteiger partial charge in [-0.05, 0) is 57.9 Å². The highest BCUT2D eigenvalue weighted by atomic mass is 16.6. The number of aromatic hydroxyl groups is 1. The van der Waals surface area contributed by atoms with Gasteiger partial charge in [0, 0.05) is 11.6 Å². The lowest BCUT2D eigenvalue weighted by Crippen LogP contribution is -2.54. The minimum Gasteiger partial charge on any atom is -0.507 e. The molecule has 0 radical (unpaired) electrons. The number of carbonyl (C=O) groups is 4. The van der Waals surface area contributed by atoms with Crippen LogP contribution in [0.4, 0.5) is 4.79 Å². The lowest BCUT2D eigenvalue weighted by atomic mass is 9.97. The lowest BCUT2D eigenvalue weighted by molar-refractivity contribution is -0.145. The summed E-state index contributed by atoms with van der Waals surface area (Å²) in [6.07, 6.45) is 0.228. The van der Waals surface area contributed by atoms with Gasteiger partial charge in [0.25, 0.3) is 0 Å². The normalized spacial score (nSPS) is 18.4. The van der Waals surface area contributed by atoms with Crippen LogP contribution in [0.1, 0.15) is 71.6 Å². The van der Waals surface area contributed by atoms with Crippen LogP contribution in [0.5, 0.6) is 5.75 Å². The van der Waals surface area contributed by atoms with E-state index in [9.17, 15) is 24.3 Å². The van der Waals surface area contributed by atoms with Crippen molar-refractivity contribution in [3.63, 3.8) is 0 Å². The van der Waals surface area contributed by atoms with E-state index < -0.39 is 48.1 Å². The van der Waals surface area contributed by atoms with Crippen molar-refractivity contribution < 1.29 is 33.8 Å². The maximum absolute atomic E-state index is 14.1. The number of nitrogens with zero attached hydrogens (tertiary/aromatic N) is 1. The summed E-state index contributed by atoms with van der Waals surface area (Å²) < 4.78 is 10.0. The zero-order valence-corrected chi connectivity index (χ0v) is 23.1. The third kappa shape index (κ3) is 8.36. The third-order valence-electron chi connectivity index (χ3n) is 6.10. The third-order valence-corrected chi connectivity index (χ3v) is 6.10. The molecule has 1 saturated carbocycles. The van der Waals surface area contributed by atoms with Crippen molar-refractivity contribution in [2.24, 2.45) is 11.8 Å². The van der Waals surface area contributed by atoms with Crippen LogP contribution in [0.3, 0.4) is 0 Å². The second-order valence-corrected chi connectivity index (χ2v) is 11.1. The Bertz CT molecular complexity index is 1000. The molecular weight excluding hydrogens is 478 g/mol. The van der Waals surface area contributed by atoms with E-state index in [0.717, 1.165) is 0 Å². The van der Waals surface area contributed by atoms with Gasteiger partial charge in [0.15, 0.2) is 0 Å². The number of phenols is 1. The summed E-state index contributed by atoms with van der Waals surface area (Å²) in [5.74, 6) is -1.73. The highest BCUT2D eigenvalue weighted by Gasteiger charge is 2.49. The first-order valence-electron chi connectivity index (χ1n) is 12.6. The second kappa shape index (κ2) is 12.3. The van der Waals surface area contributed by atoms with Crippen LogP contribution in [0.25, 0.3) is 0 Å². The molecule has 4 atom stereocenters. The second-order valence-electron chi connectivity index (χ2n) is 11.1. The molecule has 1 aromatic rings. The number of hydrogen-bond acceptors (Lipinski definition) is 7. The standard InChI is InChI=1S/C27H41N3O7/c1-15(2)12-19(29-26(35)37-27(5,6)7)25(34)30(20-13-17(20)4)22(24(33)28-14-21(31)36-8)18-11-9-10-16(3)23(18)32/h9-11,15,17,19-20,22,32H,12-14H2,1-8H3,(H,28,33)(H,29,35). The predicted octanol–water partition coefficient (Wildman–Crippen LogP) is 3.21. The largest absolute Gasteiger partial charge is 0.507 e. The van der Waals surface area contributed by atoms with Crippen LogP contribution in [0.2, 0.25) is 0 Å². The van der Waals surface area contributed by atoms with Crippen LogP contribution < -0.4 is 10.6 Å². The van der Waals surface area contributed by atoms with Crippen molar-refractivity contribution in [2.75, 3.05) is 13.7 Å². The molecule has 37 heavy (non-hydrogen) atoms. The molecule has 4 unspecified atom stereocenters. The Morgan fingerprint density at radius 2 is 1.81 bits per heavy atom. The molecule has 0 spiro atoms. The van der Waals surface area contributed by atoms with E-state index in [1.54, 1.807) is 45.9 Å². The van der Waals surface area contributed by atoms with Gasteiger partial charge in [-0.1, -0.05) is 39.0 Å². The summed E-state index contributed by atoms with van der Waals surface area (Å²) in [5, 5.41) is 16.1. The van der Waals surface area contributed by atoms with E-state index in [1.807, 2.05) is 20.8 Å². The van der Waals surface area contributed by atoms with Crippen LogP contribution in [0.15, 0.2) is 18.2 Å². The molecule has 1 aromatic carbocycles. The van der Waals surface area contributed by atoms with Crippen LogP contribution in [-0.4, -0.2) is 65.2 Å². The number of amides is 3. The van der Waals surface area contributed by atoms with Crippen LogP contribution in [-0.2, 0) is 23.9 Å². The topological polar surface area (TPSA) is 134 Å². The molecule has 0 aromatic heterocycles. The molecule has 206 valence electrons. The van der Waals surface area contributed by atoms with Gasteiger partial charge >= 0.3 is 12.1 Å². The zero-order chi connectivity index (χ0) is 28.1. The Kier molecular flexibility index (Phi) is 9.94. The van der Waals surface area contributed by atoms with Gasteiger partial charge in [-0.25, -0.2) is 4.79 Å². The predicted molar refractivity (Wildman–Crippen MR) is 138 cm³/mol. The highest BCUT2D eigenvalue weighted by molar-refractivity contribution is 5.94. The number of rotatable bonds is 10. The molecule has 0 aliphatic heterocycles. The van der Waals surface area contributed by atoms with Gasteiger partial charge in [-0.2, -0.15) is 0 Å². The van der Waals surface area contributed by atoms with Gasteiger partial charge in [0.2, 0.25) is 11.8 Å². The fourth-order valence-electron chi connectivity index (χ4n) is 4.14. The number of carbonyl (C=O) groups excluding carboxylic acids is 4. The van der Waals surface area contributed by atoms with Gasteiger partial charge in [-0.3, -0.25) is 14.4 Å². The van der Waals surface area contributed by atoms with E-state index in [-0.39, 0.29) is 29.2 Å². The summed E-state index contributed by atoms with van der Waals surface area (Å²) in [4.78, 5) is 53.5. The van der Waals surface area contributed by atoms with E-state index in [4.69, 9.17) is 4.74 Å². The molecule has 2 rings (SSSR count). The van der Waals surface area contributed by atoms with E-state index in [2.05, 4.69) is 15.4 Å². The number of benzene rings is 1. The number of nitrogens with one attached hydrogen (secondary N) is 2. The smallest absolute Gasteiger partial charge is 0.408 e. The fourth-order valence-corrected chi connectivity index (χ4v) is 4.14. The average Bonchev–Trinajstić information content (AvgIpc) is 3.50. The molecular formula is C27H41N3O7. The van der Waals surface area contributed by atoms with Gasteiger partial charge in [0.1, 0.15) is 30.0 Å². The first kappa shape index (κ1) is 29.9. The van der Waals surface area contributed by atoms with Gasteiger partial charge in [-0.15, -0.1) is 0 Å². The van der Waals surface area contributed by atoms with E-state index in [1.165, 1.54) is 12.0 Å². The fraction of sp³-hybridized carbons (Fsp3) is 0.630. The number of alkyl carbamates (subject to hydrolysis) is 1. The number of hydrogen-bond donors (Lipinski definition) is 3. The summed E-state index contributed by atoms with van der Waals surface area (Å²) >= 11 is 0. The maximum atomic E-state index is 14.1. The number of ether oxygens (including phenoxy) is 2. The van der Waals surface area contributed by atoms with Crippen molar-refractivity contribution in [3.05, 3.63) is 29.3 Å². The molecule has 1 aliphatic rings. The molecule has 0 saturated heterocycles. The van der Waals surface area contributed by atoms with Crippen LogP contribution in [0, 0.1) is 18.8 Å². The van der Waals surface area contributed by atoms with Gasteiger partial charge < -0.3 is 30.1 Å². The molecule has 0 bridgehead atoms. The monoisotopic (exact) mass is 519 g/mol. The Morgan fingerprint density at radius 1 is 1.19 bits per heavy atom.